The molecule has 0 aliphatic heterocycles. The lowest BCUT2D eigenvalue weighted by atomic mass is 10.1. The predicted molar refractivity (Wildman–Crippen MR) is 56.5 cm³/mol. The molecule has 0 spiro atoms. The average Bonchev–Trinajstić information content (AvgIpc) is 2.66. The van der Waals surface area contributed by atoms with Crippen molar-refractivity contribution in [2.24, 2.45) is 0 Å². The van der Waals surface area contributed by atoms with Gasteiger partial charge in [0, 0.05) is 17.0 Å². The average molecular weight is 204 g/mol. The van der Waals surface area contributed by atoms with Gasteiger partial charge < -0.3 is 4.42 Å². The zero-order chi connectivity index (χ0) is 9.54. The van der Waals surface area contributed by atoms with E-state index in [0.717, 1.165) is 21.9 Å². The van der Waals surface area contributed by atoms with Crippen LogP contribution in [0.2, 0.25) is 5.02 Å². The molecule has 2 heterocycles. The lowest BCUT2D eigenvalue weighted by Crippen LogP contribution is -1.79. The summed E-state index contributed by atoms with van der Waals surface area (Å²) in [5, 5.41) is 2.62. The second-order valence-corrected chi connectivity index (χ2v) is 3.50. The third kappa shape index (κ3) is 0.946. The monoisotopic (exact) mass is 203 g/mol. The zero-order valence-electron chi connectivity index (χ0n) is 7.20. The van der Waals surface area contributed by atoms with E-state index in [9.17, 15) is 0 Å². The van der Waals surface area contributed by atoms with E-state index < -0.39 is 0 Å². The van der Waals surface area contributed by atoms with E-state index >= 15 is 0 Å². The lowest BCUT2D eigenvalue weighted by molar-refractivity contribution is 0.618. The molecule has 3 rings (SSSR count). The molecule has 0 bridgehead atoms. The Morgan fingerprint density at radius 1 is 1.29 bits per heavy atom. The Bertz CT molecular complexity index is 615. The van der Waals surface area contributed by atoms with Crippen LogP contribution in [0.1, 0.15) is 0 Å². The van der Waals surface area contributed by atoms with Crippen molar-refractivity contribution < 1.29 is 4.42 Å². The van der Waals surface area contributed by atoms with E-state index in [1.54, 1.807) is 12.5 Å². The first kappa shape index (κ1) is 7.83. The Morgan fingerprint density at radius 2 is 2.21 bits per heavy atom. The number of rotatable bonds is 0. The summed E-state index contributed by atoms with van der Waals surface area (Å²) in [6.45, 7) is 0. The van der Waals surface area contributed by atoms with Crippen molar-refractivity contribution >= 4 is 33.5 Å². The lowest BCUT2D eigenvalue weighted by Gasteiger charge is -1.99. The standard InChI is InChI=1S/C11H6ClNO/c12-9-6-7-3-5-14-11(7)10-8(9)2-1-4-13-10/h1-6H. The Hall–Kier alpha value is -1.54. The Balaban J connectivity index is 2.67. The molecular weight excluding hydrogens is 198 g/mol. The van der Waals surface area contributed by atoms with Gasteiger partial charge in [-0.3, -0.25) is 4.98 Å². The summed E-state index contributed by atoms with van der Waals surface area (Å²) in [6.07, 6.45) is 3.38. The van der Waals surface area contributed by atoms with Gasteiger partial charge in [-0.05, 0) is 24.3 Å². The molecule has 0 saturated carbocycles. The van der Waals surface area contributed by atoms with Gasteiger partial charge in [-0.1, -0.05) is 11.6 Å². The number of pyridine rings is 1. The van der Waals surface area contributed by atoms with Gasteiger partial charge in [-0.25, -0.2) is 0 Å². The quantitative estimate of drug-likeness (QED) is 0.558. The molecule has 0 N–H and O–H groups in total. The van der Waals surface area contributed by atoms with Crippen molar-refractivity contribution in [2.45, 2.75) is 0 Å². The zero-order valence-corrected chi connectivity index (χ0v) is 7.95. The minimum absolute atomic E-state index is 0.710. The first-order chi connectivity index (χ1) is 6.86. The van der Waals surface area contributed by atoms with Crippen molar-refractivity contribution in [3.8, 4) is 0 Å². The molecule has 2 aromatic heterocycles. The molecule has 0 radical (unpaired) electrons. The summed E-state index contributed by atoms with van der Waals surface area (Å²) < 4.78 is 5.37. The van der Waals surface area contributed by atoms with Gasteiger partial charge in [0.05, 0.1) is 11.3 Å². The number of nitrogens with zero attached hydrogens (tertiary/aromatic N) is 1. The van der Waals surface area contributed by atoms with Crippen LogP contribution in [-0.4, -0.2) is 4.98 Å². The summed E-state index contributed by atoms with van der Waals surface area (Å²) in [7, 11) is 0. The third-order valence-corrected chi connectivity index (χ3v) is 2.57. The summed E-state index contributed by atoms with van der Waals surface area (Å²) in [6, 6.07) is 7.58. The summed E-state index contributed by atoms with van der Waals surface area (Å²) >= 11 is 6.11. The van der Waals surface area contributed by atoms with E-state index in [1.807, 2.05) is 24.3 Å². The van der Waals surface area contributed by atoms with Crippen molar-refractivity contribution in [2.75, 3.05) is 0 Å². The molecule has 0 amide bonds. The normalized spacial score (nSPS) is 11.2. The van der Waals surface area contributed by atoms with E-state index in [4.69, 9.17) is 16.0 Å². The number of hydrogen-bond donors (Lipinski definition) is 0. The van der Waals surface area contributed by atoms with Crippen LogP contribution in [0, 0.1) is 0 Å². The van der Waals surface area contributed by atoms with Gasteiger partial charge in [0.1, 0.15) is 5.52 Å². The molecule has 2 nitrogen and oxygen atoms in total. The van der Waals surface area contributed by atoms with E-state index in [0.29, 0.717) is 5.02 Å². The molecule has 14 heavy (non-hydrogen) atoms. The summed E-state index contributed by atoms with van der Waals surface area (Å²) in [5.41, 5.74) is 1.62. The Morgan fingerprint density at radius 3 is 3.14 bits per heavy atom. The van der Waals surface area contributed by atoms with Crippen LogP contribution in [0.15, 0.2) is 41.1 Å². The summed E-state index contributed by atoms with van der Waals surface area (Å²) in [5.74, 6) is 0. The molecule has 3 aromatic rings. The van der Waals surface area contributed by atoms with Crippen molar-refractivity contribution in [3.05, 3.63) is 41.7 Å². The molecule has 0 atom stereocenters. The van der Waals surface area contributed by atoms with Crippen LogP contribution in [0.25, 0.3) is 21.9 Å². The maximum absolute atomic E-state index is 6.11. The maximum atomic E-state index is 6.11. The second kappa shape index (κ2) is 2.72. The number of hydrogen-bond acceptors (Lipinski definition) is 2. The van der Waals surface area contributed by atoms with Gasteiger partial charge in [0.15, 0.2) is 5.58 Å². The molecule has 1 aromatic carbocycles. The molecule has 0 aliphatic carbocycles. The van der Waals surface area contributed by atoms with Gasteiger partial charge in [0.25, 0.3) is 0 Å². The molecule has 0 saturated heterocycles. The molecule has 3 heteroatoms. The first-order valence-electron chi connectivity index (χ1n) is 4.27. The second-order valence-electron chi connectivity index (χ2n) is 3.10. The highest BCUT2D eigenvalue weighted by molar-refractivity contribution is 6.37. The molecule has 68 valence electrons. The van der Waals surface area contributed by atoms with Crippen LogP contribution in [-0.2, 0) is 0 Å². The molecular formula is C11H6ClNO. The molecule has 0 aliphatic rings. The van der Waals surface area contributed by atoms with Crippen LogP contribution in [0.5, 0.6) is 0 Å². The topological polar surface area (TPSA) is 26.0 Å². The SMILES string of the molecule is Clc1cc2ccoc2c2ncccc12. The van der Waals surface area contributed by atoms with E-state index in [1.165, 1.54) is 0 Å². The first-order valence-corrected chi connectivity index (χ1v) is 4.64. The van der Waals surface area contributed by atoms with Gasteiger partial charge in [-0.15, -0.1) is 0 Å². The minimum Gasteiger partial charge on any atom is -0.462 e. The van der Waals surface area contributed by atoms with Crippen LogP contribution in [0.4, 0.5) is 0 Å². The van der Waals surface area contributed by atoms with Crippen molar-refractivity contribution in [1.82, 2.24) is 4.98 Å². The van der Waals surface area contributed by atoms with Crippen LogP contribution in [0.3, 0.4) is 0 Å². The number of benzene rings is 1. The largest absolute Gasteiger partial charge is 0.462 e. The highest BCUT2D eigenvalue weighted by atomic mass is 35.5. The Kier molecular flexibility index (Phi) is 1.52. The smallest absolute Gasteiger partial charge is 0.160 e. The predicted octanol–water partition coefficient (Wildman–Crippen LogP) is 3.63. The number of halogens is 1. The van der Waals surface area contributed by atoms with E-state index in [2.05, 4.69) is 4.98 Å². The highest BCUT2D eigenvalue weighted by Crippen LogP contribution is 2.30. The fraction of sp³-hybridized carbons (Fsp3) is 0. The maximum Gasteiger partial charge on any atom is 0.160 e. The number of fused-ring (bicyclic) bond motifs is 3. The third-order valence-electron chi connectivity index (χ3n) is 2.26. The Labute approximate surface area is 85.1 Å². The molecule has 0 fully saturated rings. The van der Waals surface area contributed by atoms with Crippen LogP contribution < -0.4 is 0 Å². The fourth-order valence-electron chi connectivity index (χ4n) is 1.62. The van der Waals surface area contributed by atoms with Crippen molar-refractivity contribution in [1.29, 1.82) is 0 Å². The van der Waals surface area contributed by atoms with Gasteiger partial charge >= 0.3 is 0 Å². The van der Waals surface area contributed by atoms with Gasteiger partial charge in [0.2, 0.25) is 0 Å². The molecule has 0 unspecified atom stereocenters. The summed E-state index contributed by atoms with van der Waals surface area (Å²) in [4.78, 5) is 4.26. The highest BCUT2D eigenvalue weighted by Gasteiger charge is 2.07. The number of aromatic nitrogens is 1. The number of furan rings is 1. The van der Waals surface area contributed by atoms with Crippen LogP contribution >= 0.6 is 11.6 Å². The van der Waals surface area contributed by atoms with Gasteiger partial charge in [-0.2, -0.15) is 0 Å². The van der Waals surface area contributed by atoms with Crippen molar-refractivity contribution in [3.63, 3.8) is 0 Å². The minimum atomic E-state index is 0.710. The fourth-order valence-corrected chi connectivity index (χ4v) is 1.89. The van der Waals surface area contributed by atoms with E-state index in [-0.39, 0.29) is 0 Å².